The molecule has 0 fully saturated rings. The molecule has 0 aliphatic heterocycles. The molecule has 2 aromatic rings. The molecule has 0 saturated heterocycles. The first kappa shape index (κ1) is 25.6. The zero-order chi connectivity index (χ0) is 24.9. The Morgan fingerprint density at radius 1 is 1.09 bits per heavy atom. The fourth-order valence-corrected chi connectivity index (χ4v) is 3.13. The van der Waals surface area contributed by atoms with Gasteiger partial charge in [-0.25, -0.2) is 4.79 Å². The molecular weight excluding hydrogens is 428 g/mol. The average Bonchev–Trinajstić information content (AvgIpc) is 2.77. The van der Waals surface area contributed by atoms with E-state index in [1.807, 2.05) is 19.1 Å². The number of nitrogens with one attached hydrogen (secondary N) is 1. The van der Waals surface area contributed by atoms with Crippen molar-refractivity contribution in [3.63, 3.8) is 0 Å². The number of Topliss-reactive ketones (excluding diaryl/α,β-unsaturated/α-hetero) is 1. The van der Waals surface area contributed by atoms with Crippen molar-refractivity contribution in [2.45, 2.75) is 46.1 Å². The molecule has 33 heavy (non-hydrogen) atoms. The van der Waals surface area contributed by atoms with Crippen LogP contribution < -0.4 is 22.3 Å². The minimum Gasteiger partial charge on any atom is -0.456 e. The lowest BCUT2D eigenvalue weighted by atomic mass is 9.87. The number of ketones is 1. The van der Waals surface area contributed by atoms with Gasteiger partial charge in [0.25, 0.3) is 11.5 Å². The van der Waals surface area contributed by atoms with Crippen molar-refractivity contribution in [3.05, 3.63) is 61.8 Å². The summed E-state index contributed by atoms with van der Waals surface area (Å²) < 4.78 is 6.80. The summed E-state index contributed by atoms with van der Waals surface area (Å²) in [5.41, 5.74) is 5.35. The van der Waals surface area contributed by atoms with Crippen molar-refractivity contribution in [1.29, 1.82) is 0 Å². The third-order valence-electron chi connectivity index (χ3n) is 5.08. The molecule has 3 N–H and O–H groups in total. The zero-order valence-electron chi connectivity index (χ0n) is 19.6. The molecule has 0 saturated carbocycles. The predicted molar refractivity (Wildman–Crippen MR) is 123 cm³/mol. The first-order valence-electron chi connectivity index (χ1n) is 10.5. The number of nitrogens with zero attached hydrogens (tertiary/aromatic N) is 2. The van der Waals surface area contributed by atoms with Crippen molar-refractivity contribution >= 4 is 23.5 Å². The summed E-state index contributed by atoms with van der Waals surface area (Å²) in [5, 5.41) is 2.42. The number of benzene rings is 1. The molecule has 1 aromatic carbocycles. The van der Waals surface area contributed by atoms with Gasteiger partial charge in [0, 0.05) is 19.2 Å². The first-order valence-corrected chi connectivity index (χ1v) is 10.5. The van der Waals surface area contributed by atoms with Gasteiger partial charge in [-0.05, 0) is 29.5 Å². The second-order valence-corrected chi connectivity index (χ2v) is 8.65. The maximum atomic E-state index is 12.5. The van der Waals surface area contributed by atoms with E-state index in [-0.39, 0.29) is 17.8 Å². The van der Waals surface area contributed by atoms with Gasteiger partial charge < -0.3 is 15.8 Å². The van der Waals surface area contributed by atoms with Crippen LogP contribution >= 0.6 is 0 Å². The van der Waals surface area contributed by atoms with Crippen LogP contribution in [0.3, 0.4) is 0 Å². The van der Waals surface area contributed by atoms with Gasteiger partial charge in [-0.1, -0.05) is 39.8 Å². The lowest BCUT2D eigenvalue weighted by Gasteiger charge is -2.19. The number of ether oxygens (including phenoxy) is 1. The Labute approximate surface area is 191 Å². The summed E-state index contributed by atoms with van der Waals surface area (Å²) in [7, 11) is 1.24. The summed E-state index contributed by atoms with van der Waals surface area (Å²) in [6.45, 7) is 6.99. The van der Waals surface area contributed by atoms with Crippen molar-refractivity contribution in [2.24, 2.45) is 7.05 Å². The Hall–Kier alpha value is -3.69. The van der Waals surface area contributed by atoms with Crippen molar-refractivity contribution in [1.82, 2.24) is 14.5 Å². The Morgan fingerprint density at radius 3 is 2.24 bits per heavy atom. The molecule has 0 radical (unpaired) electrons. The third-order valence-corrected chi connectivity index (χ3v) is 5.08. The van der Waals surface area contributed by atoms with Gasteiger partial charge in [-0.2, -0.15) is 0 Å². The number of carbonyl (C=O) groups is 3. The summed E-state index contributed by atoms with van der Waals surface area (Å²) in [4.78, 5) is 61.3. The highest BCUT2D eigenvalue weighted by Gasteiger charge is 2.22. The van der Waals surface area contributed by atoms with Gasteiger partial charge in [-0.3, -0.25) is 28.3 Å². The molecule has 0 unspecified atom stereocenters. The fourth-order valence-electron chi connectivity index (χ4n) is 3.13. The highest BCUT2D eigenvalue weighted by molar-refractivity contribution is 6.01. The van der Waals surface area contributed by atoms with E-state index in [1.165, 1.54) is 7.05 Å². The monoisotopic (exact) mass is 458 g/mol. The topological polar surface area (TPSA) is 142 Å². The Balaban J connectivity index is 2.00. The molecule has 0 spiro atoms. The third kappa shape index (κ3) is 5.97. The standard InChI is InChI=1S/C23H30N4O6/c1-6-11-27-19(24)18(21(31)26(5)22(27)32)16(28)13-33-17(29)12-25-20(30)14-7-9-15(10-8-14)23(2,3)4/h7-10H,6,11-13,24H2,1-5H3,(H,25,30). The van der Waals surface area contributed by atoms with Gasteiger partial charge in [-0.15, -0.1) is 0 Å². The quantitative estimate of drug-likeness (QED) is 0.444. The van der Waals surface area contributed by atoms with Gasteiger partial charge in [0.05, 0.1) is 0 Å². The Bertz CT molecular complexity index is 1170. The minimum atomic E-state index is -0.863. The average molecular weight is 459 g/mol. The van der Waals surface area contributed by atoms with Crippen LogP contribution in [0.1, 0.15) is 60.4 Å². The van der Waals surface area contributed by atoms with Crippen molar-refractivity contribution in [3.8, 4) is 0 Å². The minimum absolute atomic E-state index is 0.0560. The Kier molecular flexibility index (Phi) is 7.97. The molecule has 1 heterocycles. The lowest BCUT2D eigenvalue weighted by molar-refractivity contribution is -0.141. The van der Waals surface area contributed by atoms with Gasteiger partial charge >= 0.3 is 11.7 Å². The summed E-state index contributed by atoms with van der Waals surface area (Å²) >= 11 is 0. The van der Waals surface area contributed by atoms with Crippen LogP contribution in [0.2, 0.25) is 0 Å². The van der Waals surface area contributed by atoms with E-state index < -0.39 is 47.6 Å². The molecule has 1 amide bonds. The van der Waals surface area contributed by atoms with E-state index in [0.29, 0.717) is 12.0 Å². The maximum absolute atomic E-state index is 12.5. The van der Waals surface area contributed by atoms with Crippen LogP contribution in [0.5, 0.6) is 0 Å². The number of nitrogens with two attached hydrogens (primary N) is 1. The fraction of sp³-hybridized carbons (Fsp3) is 0.435. The number of esters is 1. The normalized spacial score (nSPS) is 11.2. The van der Waals surface area contributed by atoms with Gasteiger partial charge in [0.1, 0.15) is 17.9 Å². The highest BCUT2D eigenvalue weighted by Crippen LogP contribution is 2.22. The number of aromatic nitrogens is 2. The maximum Gasteiger partial charge on any atom is 0.332 e. The van der Waals surface area contributed by atoms with Crippen LogP contribution in [-0.4, -0.2) is 39.9 Å². The number of nitrogen functional groups attached to an aromatic ring is 1. The smallest absolute Gasteiger partial charge is 0.332 e. The van der Waals surface area contributed by atoms with E-state index in [0.717, 1.165) is 14.7 Å². The Morgan fingerprint density at radius 2 is 1.70 bits per heavy atom. The SMILES string of the molecule is CCCn1c(N)c(C(=O)COC(=O)CNC(=O)c2ccc(C(C)(C)C)cc2)c(=O)n(C)c1=O. The number of amides is 1. The van der Waals surface area contributed by atoms with Crippen molar-refractivity contribution < 1.29 is 19.1 Å². The largest absolute Gasteiger partial charge is 0.456 e. The van der Waals surface area contributed by atoms with Crippen LogP contribution in [0, 0.1) is 0 Å². The van der Waals surface area contributed by atoms with E-state index in [9.17, 15) is 24.0 Å². The van der Waals surface area contributed by atoms with Crippen LogP contribution in [-0.2, 0) is 28.5 Å². The molecule has 10 heteroatoms. The number of rotatable bonds is 8. The van der Waals surface area contributed by atoms with Crippen LogP contribution in [0.4, 0.5) is 5.82 Å². The summed E-state index contributed by atoms with van der Waals surface area (Å²) in [5.74, 6) is -2.43. The van der Waals surface area contributed by atoms with Gasteiger partial charge in [0.2, 0.25) is 5.78 Å². The molecule has 2 rings (SSSR count). The number of hydrogen-bond donors (Lipinski definition) is 2. The molecule has 178 valence electrons. The highest BCUT2D eigenvalue weighted by atomic mass is 16.5. The lowest BCUT2D eigenvalue weighted by Crippen LogP contribution is -2.43. The molecule has 1 aromatic heterocycles. The van der Waals surface area contributed by atoms with Crippen LogP contribution in [0.15, 0.2) is 33.9 Å². The van der Waals surface area contributed by atoms with E-state index >= 15 is 0 Å². The summed E-state index contributed by atoms with van der Waals surface area (Å²) in [6, 6.07) is 7.01. The number of hydrogen-bond acceptors (Lipinski definition) is 7. The van der Waals surface area contributed by atoms with E-state index in [1.54, 1.807) is 12.1 Å². The molecule has 0 bridgehead atoms. The molecule has 0 aliphatic carbocycles. The molecular formula is C23H30N4O6. The van der Waals surface area contributed by atoms with Crippen molar-refractivity contribution in [2.75, 3.05) is 18.9 Å². The summed E-state index contributed by atoms with van der Waals surface area (Å²) in [6.07, 6.45) is 0.559. The van der Waals surface area contributed by atoms with Gasteiger partial charge in [0.15, 0.2) is 6.61 Å². The second kappa shape index (κ2) is 10.3. The zero-order valence-corrected chi connectivity index (χ0v) is 19.6. The molecule has 0 atom stereocenters. The molecule has 0 aliphatic rings. The predicted octanol–water partition coefficient (Wildman–Crippen LogP) is 0.993. The number of anilines is 1. The van der Waals surface area contributed by atoms with Crippen LogP contribution in [0.25, 0.3) is 0 Å². The van der Waals surface area contributed by atoms with E-state index in [4.69, 9.17) is 10.5 Å². The first-order chi connectivity index (χ1) is 15.4. The molecule has 10 nitrogen and oxygen atoms in total. The second-order valence-electron chi connectivity index (χ2n) is 8.65. The van der Waals surface area contributed by atoms with E-state index in [2.05, 4.69) is 26.1 Å². The number of carbonyl (C=O) groups excluding carboxylic acids is 3.